The molecule has 0 unspecified atom stereocenters. The van der Waals surface area contributed by atoms with E-state index in [2.05, 4.69) is 10.3 Å². The van der Waals surface area contributed by atoms with Gasteiger partial charge in [0, 0.05) is 24.2 Å². The molecule has 2 aromatic rings. The smallest absolute Gasteiger partial charge is 0.242 e. The zero-order valence-electron chi connectivity index (χ0n) is 16.6. The van der Waals surface area contributed by atoms with Crippen molar-refractivity contribution in [3.8, 4) is 5.75 Å². The molecule has 30 heavy (non-hydrogen) atoms. The van der Waals surface area contributed by atoms with Crippen molar-refractivity contribution < 1.29 is 19.1 Å². The van der Waals surface area contributed by atoms with Crippen molar-refractivity contribution in [1.29, 1.82) is 0 Å². The molecular weight excluding hydrogens is 426 g/mol. The van der Waals surface area contributed by atoms with Gasteiger partial charge in [-0.05, 0) is 42.5 Å². The molecule has 0 aliphatic carbocycles. The maximum Gasteiger partial charge on any atom is 0.242 e. The number of nitrogens with one attached hydrogen (secondary N) is 1. The van der Waals surface area contributed by atoms with E-state index in [1.165, 1.54) is 11.8 Å². The minimum atomic E-state index is -0.557. The number of rotatable bonds is 8. The second-order valence-electron chi connectivity index (χ2n) is 6.44. The number of nitrogens with zero attached hydrogens (tertiary/aromatic N) is 2. The summed E-state index contributed by atoms with van der Waals surface area (Å²) in [6, 6.07) is 14.1. The first-order chi connectivity index (χ1) is 14.5. The number of amidine groups is 1. The zero-order chi connectivity index (χ0) is 21.5. The largest absolute Gasteiger partial charge is 0.497 e. The second-order valence-corrected chi connectivity index (χ2v) is 8.05. The standard InChI is InChI=1S/C21H22ClN3O4S/c1-28-11-10-25-20(27)18(13-19(26)23-16-5-3-4-14(22)12-16)30-21(25)24-15-6-8-17(29-2)9-7-15/h3-9,12,18H,10-11,13H2,1-2H3,(H,23,26)/t18-/m1/s1. The van der Waals surface area contributed by atoms with E-state index in [-0.39, 0.29) is 18.2 Å². The van der Waals surface area contributed by atoms with E-state index in [0.29, 0.717) is 34.7 Å². The zero-order valence-corrected chi connectivity index (χ0v) is 18.2. The fraction of sp³-hybridized carbons (Fsp3) is 0.286. The molecule has 1 aliphatic rings. The van der Waals surface area contributed by atoms with Crippen LogP contribution in [0.25, 0.3) is 0 Å². The van der Waals surface area contributed by atoms with Crippen LogP contribution in [0, 0.1) is 0 Å². The van der Waals surface area contributed by atoms with Gasteiger partial charge in [-0.25, -0.2) is 4.99 Å². The van der Waals surface area contributed by atoms with Crippen LogP contribution in [0.15, 0.2) is 53.5 Å². The Morgan fingerprint density at radius 1 is 1.23 bits per heavy atom. The number of thioether (sulfide) groups is 1. The minimum Gasteiger partial charge on any atom is -0.497 e. The van der Waals surface area contributed by atoms with Crippen molar-refractivity contribution in [2.45, 2.75) is 11.7 Å². The van der Waals surface area contributed by atoms with Crippen LogP contribution in [0.4, 0.5) is 11.4 Å². The number of methoxy groups -OCH3 is 2. The Morgan fingerprint density at radius 3 is 2.67 bits per heavy atom. The molecule has 1 heterocycles. The Labute approximate surface area is 184 Å². The van der Waals surface area contributed by atoms with Crippen LogP contribution in [0.5, 0.6) is 5.75 Å². The van der Waals surface area contributed by atoms with Gasteiger partial charge in [-0.2, -0.15) is 0 Å². The number of benzene rings is 2. The first-order valence-electron chi connectivity index (χ1n) is 9.25. The van der Waals surface area contributed by atoms with Crippen LogP contribution >= 0.6 is 23.4 Å². The Hall–Kier alpha value is -2.55. The van der Waals surface area contributed by atoms with Gasteiger partial charge in [-0.15, -0.1) is 0 Å². The van der Waals surface area contributed by atoms with Crippen LogP contribution in [-0.4, -0.2) is 54.5 Å². The summed E-state index contributed by atoms with van der Waals surface area (Å²) in [4.78, 5) is 31.5. The van der Waals surface area contributed by atoms with Gasteiger partial charge in [0.15, 0.2) is 5.17 Å². The summed E-state index contributed by atoms with van der Waals surface area (Å²) in [7, 11) is 3.17. The lowest BCUT2D eigenvalue weighted by atomic mass is 10.2. The van der Waals surface area contributed by atoms with Gasteiger partial charge in [0.25, 0.3) is 0 Å². The van der Waals surface area contributed by atoms with Gasteiger partial charge >= 0.3 is 0 Å². The molecular formula is C21H22ClN3O4S. The first kappa shape index (κ1) is 22.1. The van der Waals surface area contributed by atoms with Crippen molar-refractivity contribution in [3.05, 3.63) is 53.6 Å². The summed E-state index contributed by atoms with van der Waals surface area (Å²) in [5.74, 6) is 0.298. The number of aliphatic imine (C=N–C) groups is 1. The van der Waals surface area contributed by atoms with Crippen LogP contribution in [0.2, 0.25) is 5.02 Å². The lowest BCUT2D eigenvalue weighted by Crippen LogP contribution is -2.35. The number of ether oxygens (including phenoxy) is 2. The third kappa shape index (κ3) is 5.75. The van der Waals surface area contributed by atoms with Crippen LogP contribution in [0.1, 0.15) is 6.42 Å². The molecule has 7 nitrogen and oxygen atoms in total. The predicted octanol–water partition coefficient (Wildman–Crippen LogP) is 3.96. The third-order valence-electron chi connectivity index (χ3n) is 4.32. The Balaban J connectivity index is 1.73. The van der Waals surface area contributed by atoms with E-state index in [1.807, 2.05) is 12.1 Å². The summed E-state index contributed by atoms with van der Waals surface area (Å²) in [6.45, 7) is 0.735. The van der Waals surface area contributed by atoms with Crippen molar-refractivity contribution in [3.63, 3.8) is 0 Å². The van der Waals surface area contributed by atoms with Crippen molar-refractivity contribution in [2.75, 3.05) is 32.7 Å². The van der Waals surface area contributed by atoms with Crippen LogP contribution in [0.3, 0.4) is 0 Å². The van der Waals surface area contributed by atoms with Crippen molar-refractivity contribution in [1.82, 2.24) is 4.90 Å². The van der Waals surface area contributed by atoms with Gasteiger partial charge in [0.1, 0.15) is 11.0 Å². The molecule has 0 saturated carbocycles. The number of anilines is 1. The summed E-state index contributed by atoms with van der Waals surface area (Å²) in [6.07, 6.45) is 0.0289. The van der Waals surface area contributed by atoms with Crippen molar-refractivity contribution in [2.24, 2.45) is 4.99 Å². The van der Waals surface area contributed by atoms with Gasteiger partial charge in [0.2, 0.25) is 11.8 Å². The molecule has 0 radical (unpaired) electrons. The second kappa shape index (κ2) is 10.5. The monoisotopic (exact) mass is 447 g/mol. The maximum absolute atomic E-state index is 12.9. The lowest BCUT2D eigenvalue weighted by Gasteiger charge is -2.15. The van der Waals surface area contributed by atoms with Crippen molar-refractivity contribution >= 4 is 51.7 Å². The topological polar surface area (TPSA) is 80.2 Å². The highest BCUT2D eigenvalue weighted by Crippen LogP contribution is 2.32. The predicted molar refractivity (Wildman–Crippen MR) is 120 cm³/mol. The van der Waals surface area contributed by atoms with Crippen LogP contribution < -0.4 is 10.1 Å². The number of carbonyl (C=O) groups is 2. The minimum absolute atomic E-state index is 0.0289. The Kier molecular flexibility index (Phi) is 7.73. The molecule has 1 atom stereocenters. The van der Waals surface area contributed by atoms with E-state index in [1.54, 1.807) is 55.5 Å². The molecule has 1 fully saturated rings. The fourth-order valence-electron chi connectivity index (χ4n) is 2.83. The Bertz CT molecular complexity index is 936. The fourth-order valence-corrected chi connectivity index (χ4v) is 4.20. The number of halogens is 1. The van der Waals surface area contributed by atoms with Gasteiger partial charge in [0.05, 0.1) is 25.9 Å². The lowest BCUT2D eigenvalue weighted by molar-refractivity contribution is -0.128. The average molecular weight is 448 g/mol. The molecule has 9 heteroatoms. The molecule has 0 aromatic heterocycles. The van der Waals surface area contributed by atoms with Gasteiger partial charge in [-0.1, -0.05) is 29.4 Å². The highest BCUT2D eigenvalue weighted by molar-refractivity contribution is 8.15. The summed E-state index contributed by atoms with van der Waals surface area (Å²) in [5, 5.41) is 3.29. The molecule has 158 valence electrons. The maximum atomic E-state index is 12.9. The molecule has 0 spiro atoms. The average Bonchev–Trinajstić information content (AvgIpc) is 3.01. The summed E-state index contributed by atoms with van der Waals surface area (Å²) in [5.41, 5.74) is 1.28. The summed E-state index contributed by atoms with van der Waals surface area (Å²) < 4.78 is 10.3. The number of carbonyl (C=O) groups excluding carboxylic acids is 2. The first-order valence-corrected chi connectivity index (χ1v) is 10.5. The third-order valence-corrected chi connectivity index (χ3v) is 5.73. The molecule has 1 saturated heterocycles. The highest BCUT2D eigenvalue weighted by Gasteiger charge is 2.39. The van der Waals surface area contributed by atoms with E-state index >= 15 is 0 Å². The molecule has 0 bridgehead atoms. The van der Waals surface area contributed by atoms with E-state index in [4.69, 9.17) is 21.1 Å². The van der Waals surface area contributed by atoms with E-state index in [0.717, 1.165) is 5.75 Å². The van der Waals surface area contributed by atoms with Gasteiger partial charge in [-0.3, -0.25) is 14.5 Å². The molecule has 2 aromatic carbocycles. The van der Waals surface area contributed by atoms with E-state index in [9.17, 15) is 9.59 Å². The number of amides is 2. The highest BCUT2D eigenvalue weighted by atomic mass is 35.5. The molecule has 1 aliphatic heterocycles. The normalized spacial score (nSPS) is 17.4. The summed E-state index contributed by atoms with van der Waals surface area (Å²) >= 11 is 7.23. The van der Waals surface area contributed by atoms with Gasteiger partial charge < -0.3 is 14.8 Å². The number of hydrogen-bond donors (Lipinski definition) is 1. The molecule has 1 N–H and O–H groups in total. The number of hydrogen-bond acceptors (Lipinski definition) is 6. The molecule has 3 rings (SSSR count). The Morgan fingerprint density at radius 2 is 2.00 bits per heavy atom. The quantitative estimate of drug-likeness (QED) is 0.662. The van der Waals surface area contributed by atoms with E-state index < -0.39 is 5.25 Å². The SMILES string of the molecule is COCCN1C(=O)[C@@H](CC(=O)Nc2cccc(Cl)c2)SC1=Nc1ccc(OC)cc1. The van der Waals surface area contributed by atoms with Crippen LogP contribution in [-0.2, 0) is 14.3 Å². The molecule has 2 amide bonds.